The van der Waals surface area contributed by atoms with Gasteiger partial charge in [0.15, 0.2) is 0 Å². The minimum Gasteiger partial charge on any atom is -0.312 e. The van der Waals surface area contributed by atoms with Gasteiger partial charge in [-0.2, -0.15) is 0 Å². The van der Waals surface area contributed by atoms with Crippen molar-refractivity contribution in [3.63, 3.8) is 0 Å². The lowest BCUT2D eigenvalue weighted by Gasteiger charge is -2.15. The highest BCUT2D eigenvalue weighted by Gasteiger charge is 2.40. The Balaban J connectivity index is 2.11. The van der Waals surface area contributed by atoms with E-state index >= 15 is 0 Å². The van der Waals surface area contributed by atoms with Crippen LogP contribution < -0.4 is 5.56 Å². The van der Waals surface area contributed by atoms with Gasteiger partial charge >= 0.3 is 0 Å². The minimum atomic E-state index is -2.66. The van der Waals surface area contributed by atoms with E-state index in [9.17, 15) is 13.6 Å². The van der Waals surface area contributed by atoms with Gasteiger partial charge in [0, 0.05) is 35.5 Å². The van der Waals surface area contributed by atoms with Gasteiger partial charge in [0.25, 0.3) is 5.56 Å². The second-order valence-electron chi connectivity index (χ2n) is 5.01. The second kappa shape index (κ2) is 4.30. The fourth-order valence-electron chi connectivity index (χ4n) is 2.68. The lowest BCUT2D eigenvalue weighted by atomic mass is 10.1. The molecule has 0 spiro atoms. The molecule has 0 amide bonds. The number of aromatic nitrogens is 1. The highest BCUT2D eigenvalue weighted by atomic mass is 35.5. The molecule has 100 valence electrons. The molecule has 0 N–H and O–H groups in total. The number of fused-ring (bicyclic) bond motifs is 1. The van der Waals surface area contributed by atoms with Gasteiger partial charge in [-0.3, -0.25) is 4.79 Å². The molecule has 0 radical (unpaired) electrons. The Morgan fingerprint density at radius 3 is 2.79 bits per heavy atom. The van der Waals surface area contributed by atoms with Crippen LogP contribution in [-0.2, 0) is 0 Å². The summed E-state index contributed by atoms with van der Waals surface area (Å²) in [6, 6.07) is 6.39. The SMILES string of the molecule is O=c1c2cc(Cl)ccc2ccn1[C@@H]1CCC(F)(F)C1. The van der Waals surface area contributed by atoms with E-state index in [-0.39, 0.29) is 18.4 Å². The molecular formula is C14H12ClF2NO. The Morgan fingerprint density at radius 1 is 1.32 bits per heavy atom. The molecule has 5 heteroatoms. The standard InChI is InChI=1S/C14H12ClF2NO/c15-10-2-1-9-4-6-18(13(19)12(9)7-10)11-3-5-14(16,17)8-11/h1-2,4,6-7,11H,3,5,8H2/t11-/m1/s1. The zero-order valence-electron chi connectivity index (χ0n) is 10.1. The van der Waals surface area contributed by atoms with Crippen molar-refractivity contribution in [3.8, 4) is 0 Å². The van der Waals surface area contributed by atoms with Crippen LogP contribution in [0.2, 0.25) is 5.02 Å². The molecule has 2 aromatic rings. The molecule has 1 atom stereocenters. The Bertz CT molecular complexity index is 695. The number of pyridine rings is 1. The van der Waals surface area contributed by atoms with Crippen molar-refractivity contribution in [2.24, 2.45) is 0 Å². The van der Waals surface area contributed by atoms with E-state index in [1.54, 1.807) is 30.5 Å². The third kappa shape index (κ3) is 2.25. The molecule has 3 rings (SSSR count). The summed E-state index contributed by atoms with van der Waals surface area (Å²) in [4.78, 5) is 12.3. The van der Waals surface area contributed by atoms with Crippen LogP contribution in [0.15, 0.2) is 35.3 Å². The lowest BCUT2D eigenvalue weighted by Crippen LogP contribution is -2.24. The summed E-state index contributed by atoms with van der Waals surface area (Å²) in [6.45, 7) is 0. The van der Waals surface area contributed by atoms with Crippen LogP contribution in [0.5, 0.6) is 0 Å². The van der Waals surface area contributed by atoms with Crippen LogP contribution in [0.25, 0.3) is 10.8 Å². The molecule has 19 heavy (non-hydrogen) atoms. The van der Waals surface area contributed by atoms with Crippen LogP contribution >= 0.6 is 11.6 Å². The summed E-state index contributed by atoms with van der Waals surface area (Å²) in [5, 5.41) is 1.72. The van der Waals surface area contributed by atoms with Gasteiger partial charge < -0.3 is 4.57 Å². The molecule has 1 saturated carbocycles. The average molecular weight is 284 g/mol. The van der Waals surface area contributed by atoms with E-state index in [1.165, 1.54) is 4.57 Å². The van der Waals surface area contributed by atoms with Crippen molar-refractivity contribution < 1.29 is 8.78 Å². The summed E-state index contributed by atoms with van der Waals surface area (Å²) in [6.07, 6.45) is 1.51. The van der Waals surface area contributed by atoms with Crippen LogP contribution in [0.3, 0.4) is 0 Å². The third-order valence-electron chi connectivity index (χ3n) is 3.67. The first-order chi connectivity index (χ1) is 8.96. The number of alkyl halides is 2. The summed E-state index contributed by atoms with van der Waals surface area (Å²) in [5.41, 5.74) is -0.247. The maximum atomic E-state index is 13.3. The molecule has 1 heterocycles. The van der Waals surface area contributed by atoms with Crippen molar-refractivity contribution in [2.45, 2.75) is 31.2 Å². The summed E-state index contributed by atoms with van der Waals surface area (Å²) < 4.78 is 27.9. The first-order valence-electron chi connectivity index (χ1n) is 6.14. The molecule has 0 aliphatic heterocycles. The molecule has 1 aliphatic rings. The minimum absolute atomic E-state index is 0.155. The molecule has 1 aromatic heterocycles. The average Bonchev–Trinajstić information content (AvgIpc) is 2.71. The Labute approximate surface area is 113 Å². The predicted molar refractivity (Wildman–Crippen MR) is 71.1 cm³/mol. The molecule has 1 aliphatic carbocycles. The van der Waals surface area contributed by atoms with Crippen molar-refractivity contribution in [1.29, 1.82) is 0 Å². The highest BCUT2D eigenvalue weighted by molar-refractivity contribution is 6.31. The van der Waals surface area contributed by atoms with Gasteiger partial charge in [-0.05, 0) is 30.0 Å². The molecule has 0 bridgehead atoms. The summed E-state index contributed by atoms with van der Waals surface area (Å²) in [7, 11) is 0. The number of rotatable bonds is 1. The van der Waals surface area contributed by atoms with Crippen molar-refractivity contribution in [1.82, 2.24) is 4.57 Å². The normalized spacial score (nSPS) is 21.9. The maximum absolute atomic E-state index is 13.3. The Hall–Kier alpha value is -1.42. The zero-order valence-corrected chi connectivity index (χ0v) is 10.8. The number of hydrogen-bond donors (Lipinski definition) is 0. The van der Waals surface area contributed by atoms with Crippen molar-refractivity contribution in [3.05, 3.63) is 45.8 Å². The van der Waals surface area contributed by atoms with E-state index in [1.807, 2.05) is 0 Å². The van der Waals surface area contributed by atoms with Gasteiger partial charge in [0.1, 0.15) is 0 Å². The number of halogens is 3. The van der Waals surface area contributed by atoms with Gasteiger partial charge in [-0.1, -0.05) is 17.7 Å². The van der Waals surface area contributed by atoms with E-state index in [2.05, 4.69) is 0 Å². The van der Waals surface area contributed by atoms with E-state index < -0.39 is 12.0 Å². The Kier molecular flexibility index (Phi) is 2.86. The molecular weight excluding hydrogens is 272 g/mol. The fraction of sp³-hybridized carbons (Fsp3) is 0.357. The van der Waals surface area contributed by atoms with E-state index in [4.69, 9.17) is 11.6 Å². The predicted octanol–water partition coefficient (Wildman–Crippen LogP) is 4.02. The quantitative estimate of drug-likeness (QED) is 0.775. The molecule has 0 saturated heterocycles. The van der Waals surface area contributed by atoms with Crippen LogP contribution in [0.1, 0.15) is 25.3 Å². The number of hydrogen-bond acceptors (Lipinski definition) is 1. The lowest BCUT2D eigenvalue weighted by molar-refractivity contribution is 0.00553. The monoisotopic (exact) mass is 283 g/mol. The van der Waals surface area contributed by atoms with Gasteiger partial charge in [-0.15, -0.1) is 0 Å². The fourth-order valence-corrected chi connectivity index (χ4v) is 2.85. The van der Waals surface area contributed by atoms with Crippen LogP contribution in [-0.4, -0.2) is 10.5 Å². The smallest absolute Gasteiger partial charge is 0.258 e. The second-order valence-corrected chi connectivity index (χ2v) is 5.45. The van der Waals surface area contributed by atoms with E-state index in [0.717, 1.165) is 5.39 Å². The van der Waals surface area contributed by atoms with Gasteiger partial charge in [0.2, 0.25) is 5.92 Å². The van der Waals surface area contributed by atoms with Gasteiger partial charge in [-0.25, -0.2) is 8.78 Å². The molecule has 1 fully saturated rings. The molecule has 0 unspecified atom stereocenters. The van der Waals surface area contributed by atoms with Gasteiger partial charge in [0.05, 0.1) is 0 Å². The first kappa shape index (κ1) is 12.6. The summed E-state index contributed by atoms with van der Waals surface area (Å²) in [5.74, 6) is -2.66. The highest BCUT2D eigenvalue weighted by Crippen LogP contribution is 2.41. The number of nitrogens with zero attached hydrogens (tertiary/aromatic N) is 1. The maximum Gasteiger partial charge on any atom is 0.258 e. The molecule has 2 nitrogen and oxygen atoms in total. The molecule has 1 aromatic carbocycles. The van der Waals surface area contributed by atoms with E-state index in [0.29, 0.717) is 16.8 Å². The van der Waals surface area contributed by atoms with Crippen molar-refractivity contribution >= 4 is 22.4 Å². The third-order valence-corrected chi connectivity index (χ3v) is 3.90. The Morgan fingerprint density at radius 2 is 2.11 bits per heavy atom. The van der Waals surface area contributed by atoms with Crippen LogP contribution in [0, 0.1) is 0 Å². The topological polar surface area (TPSA) is 22.0 Å². The first-order valence-corrected chi connectivity index (χ1v) is 6.52. The van der Waals surface area contributed by atoms with Crippen molar-refractivity contribution in [2.75, 3.05) is 0 Å². The zero-order chi connectivity index (χ0) is 13.6. The van der Waals surface area contributed by atoms with Crippen LogP contribution in [0.4, 0.5) is 8.78 Å². The summed E-state index contributed by atoms with van der Waals surface area (Å²) >= 11 is 5.88. The number of benzene rings is 1. The largest absolute Gasteiger partial charge is 0.312 e.